The molecule has 28 heavy (non-hydrogen) atoms. The molecule has 2 heterocycles. The summed E-state index contributed by atoms with van der Waals surface area (Å²) in [6.45, 7) is 3.70. The second-order valence-electron chi connectivity index (χ2n) is 7.51. The molecule has 2 saturated heterocycles. The largest absolute Gasteiger partial charge is 0.452 e. The molecule has 6 nitrogen and oxygen atoms in total. The van der Waals surface area contributed by atoms with Crippen molar-refractivity contribution in [2.24, 2.45) is 0 Å². The van der Waals surface area contributed by atoms with Crippen LogP contribution in [0.25, 0.3) is 0 Å². The Bertz CT molecular complexity index is 806. The Labute approximate surface area is 164 Å². The summed E-state index contributed by atoms with van der Waals surface area (Å²) in [7, 11) is 0. The summed E-state index contributed by atoms with van der Waals surface area (Å²) in [5, 5.41) is 10.8. The standard InChI is InChI=1S/C22H24O6/c1-22(2)25-13-16(28-22)17(23)20-21(24)27-19(15-11-7-4-8-12-15)18(26-20)14-9-5-3-6-10-14/h3-12,16-20,23H,13H2,1-2H3/t16-,17+,18+,19+,20+/m1/s1. The van der Waals surface area contributed by atoms with Crippen molar-refractivity contribution in [1.29, 1.82) is 0 Å². The van der Waals surface area contributed by atoms with Gasteiger partial charge in [0, 0.05) is 0 Å². The van der Waals surface area contributed by atoms with Gasteiger partial charge in [0.25, 0.3) is 0 Å². The fourth-order valence-electron chi connectivity index (χ4n) is 3.62. The third-order valence-corrected chi connectivity index (χ3v) is 5.02. The highest BCUT2D eigenvalue weighted by Crippen LogP contribution is 2.41. The van der Waals surface area contributed by atoms with Gasteiger partial charge in [-0.3, -0.25) is 0 Å². The van der Waals surface area contributed by atoms with Crippen molar-refractivity contribution in [3.63, 3.8) is 0 Å². The van der Waals surface area contributed by atoms with E-state index in [0.29, 0.717) is 0 Å². The zero-order valence-electron chi connectivity index (χ0n) is 15.9. The molecule has 2 fully saturated rings. The first kappa shape index (κ1) is 19.1. The van der Waals surface area contributed by atoms with Crippen molar-refractivity contribution in [3.8, 4) is 0 Å². The van der Waals surface area contributed by atoms with Crippen LogP contribution in [-0.2, 0) is 23.7 Å². The zero-order chi connectivity index (χ0) is 19.7. The lowest BCUT2D eigenvalue weighted by Crippen LogP contribution is -2.50. The van der Waals surface area contributed by atoms with Crippen molar-refractivity contribution in [3.05, 3.63) is 71.8 Å². The molecule has 2 aliphatic heterocycles. The molecule has 0 aromatic heterocycles. The quantitative estimate of drug-likeness (QED) is 0.817. The Morgan fingerprint density at radius 1 is 0.964 bits per heavy atom. The predicted octanol–water partition coefficient (Wildman–Crippen LogP) is 2.92. The van der Waals surface area contributed by atoms with Gasteiger partial charge >= 0.3 is 5.97 Å². The Kier molecular flexibility index (Phi) is 5.21. The number of ether oxygens (including phenoxy) is 4. The van der Waals surface area contributed by atoms with Crippen LogP contribution in [0.1, 0.15) is 37.2 Å². The van der Waals surface area contributed by atoms with E-state index in [-0.39, 0.29) is 6.61 Å². The number of hydrogen-bond acceptors (Lipinski definition) is 6. The Morgan fingerprint density at radius 2 is 1.54 bits per heavy atom. The number of benzene rings is 2. The number of cyclic esters (lactones) is 1. The average Bonchev–Trinajstić information content (AvgIpc) is 3.08. The summed E-state index contributed by atoms with van der Waals surface area (Å²) in [5.74, 6) is -1.42. The van der Waals surface area contributed by atoms with E-state index in [1.165, 1.54) is 0 Å². The maximum absolute atomic E-state index is 12.7. The summed E-state index contributed by atoms with van der Waals surface area (Å²) in [6, 6.07) is 19.0. The van der Waals surface area contributed by atoms with Gasteiger partial charge in [-0.1, -0.05) is 60.7 Å². The molecule has 6 heteroatoms. The molecule has 0 aliphatic carbocycles. The summed E-state index contributed by atoms with van der Waals surface area (Å²) >= 11 is 0. The first-order valence-electron chi connectivity index (χ1n) is 9.40. The first-order valence-corrected chi connectivity index (χ1v) is 9.40. The van der Waals surface area contributed by atoms with Gasteiger partial charge in [0.05, 0.1) is 6.61 Å². The number of carbonyl (C=O) groups excluding carboxylic acids is 1. The molecule has 0 bridgehead atoms. The van der Waals surface area contributed by atoms with Crippen LogP contribution in [0.3, 0.4) is 0 Å². The average molecular weight is 384 g/mol. The minimum absolute atomic E-state index is 0.180. The van der Waals surface area contributed by atoms with E-state index in [1.807, 2.05) is 60.7 Å². The second kappa shape index (κ2) is 7.64. The van der Waals surface area contributed by atoms with E-state index < -0.39 is 42.3 Å². The van der Waals surface area contributed by atoms with Crippen LogP contribution in [0.4, 0.5) is 0 Å². The van der Waals surface area contributed by atoms with Crippen molar-refractivity contribution in [2.75, 3.05) is 6.61 Å². The van der Waals surface area contributed by atoms with E-state index in [0.717, 1.165) is 11.1 Å². The fourth-order valence-corrected chi connectivity index (χ4v) is 3.62. The Balaban J connectivity index is 1.61. The number of hydrogen-bond donors (Lipinski definition) is 1. The smallest absolute Gasteiger partial charge is 0.338 e. The minimum atomic E-state index is -1.20. The van der Waals surface area contributed by atoms with Gasteiger partial charge in [0.1, 0.15) is 18.3 Å². The third kappa shape index (κ3) is 3.82. The van der Waals surface area contributed by atoms with Crippen molar-refractivity contribution in [2.45, 2.75) is 50.2 Å². The van der Waals surface area contributed by atoms with Crippen LogP contribution < -0.4 is 0 Å². The fraction of sp³-hybridized carbons (Fsp3) is 0.409. The van der Waals surface area contributed by atoms with Gasteiger partial charge < -0.3 is 24.1 Å². The van der Waals surface area contributed by atoms with Crippen LogP contribution in [0.15, 0.2) is 60.7 Å². The summed E-state index contributed by atoms with van der Waals surface area (Å²) in [5.41, 5.74) is 1.70. The van der Waals surface area contributed by atoms with Crippen molar-refractivity contribution in [1.82, 2.24) is 0 Å². The van der Waals surface area contributed by atoms with Gasteiger partial charge in [-0.25, -0.2) is 4.79 Å². The molecule has 148 valence electrons. The molecule has 0 spiro atoms. The lowest BCUT2D eigenvalue weighted by atomic mass is 9.95. The normalized spacial score (nSPS) is 30.6. The number of rotatable bonds is 4. The number of carbonyl (C=O) groups is 1. The summed E-state index contributed by atoms with van der Waals surface area (Å²) in [4.78, 5) is 12.7. The van der Waals surface area contributed by atoms with Crippen LogP contribution in [0.5, 0.6) is 0 Å². The van der Waals surface area contributed by atoms with Crippen LogP contribution >= 0.6 is 0 Å². The highest BCUT2D eigenvalue weighted by Gasteiger charge is 2.48. The maximum Gasteiger partial charge on any atom is 0.338 e. The highest BCUT2D eigenvalue weighted by molar-refractivity contribution is 5.76. The van der Waals surface area contributed by atoms with E-state index in [4.69, 9.17) is 18.9 Å². The molecule has 2 aliphatic rings. The predicted molar refractivity (Wildman–Crippen MR) is 100 cm³/mol. The van der Waals surface area contributed by atoms with Crippen LogP contribution in [0.2, 0.25) is 0 Å². The topological polar surface area (TPSA) is 74.2 Å². The van der Waals surface area contributed by atoms with Gasteiger partial charge in [-0.05, 0) is 25.0 Å². The SMILES string of the molecule is CC1(C)OC[C@H]([C@H](O)[C@@H]2O[C@@H](c3ccccc3)[C@H](c3ccccc3)OC2=O)O1. The van der Waals surface area contributed by atoms with E-state index >= 15 is 0 Å². The molecule has 0 unspecified atom stereocenters. The molecular weight excluding hydrogens is 360 g/mol. The lowest BCUT2D eigenvalue weighted by Gasteiger charge is -2.38. The maximum atomic E-state index is 12.7. The Hall–Kier alpha value is -2.25. The molecule has 0 radical (unpaired) electrons. The minimum Gasteiger partial charge on any atom is -0.452 e. The van der Waals surface area contributed by atoms with Gasteiger partial charge in [0.15, 0.2) is 18.0 Å². The van der Waals surface area contributed by atoms with Gasteiger partial charge in [-0.2, -0.15) is 0 Å². The molecule has 5 atom stereocenters. The van der Waals surface area contributed by atoms with Crippen LogP contribution in [-0.4, -0.2) is 41.8 Å². The molecule has 0 saturated carbocycles. The summed E-state index contributed by atoms with van der Waals surface area (Å²) < 4.78 is 23.1. The molecule has 1 N–H and O–H groups in total. The number of aliphatic hydroxyl groups is 1. The second-order valence-corrected chi connectivity index (χ2v) is 7.51. The third-order valence-electron chi connectivity index (χ3n) is 5.02. The zero-order valence-corrected chi connectivity index (χ0v) is 15.9. The van der Waals surface area contributed by atoms with Gasteiger partial charge in [0.2, 0.25) is 0 Å². The van der Waals surface area contributed by atoms with E-state index in [9.17, 15) is 9.90 Å². The van der Waals surface area contributed by atoms with Gasteiger partial charge in [-0.15, -0.1) is 0 Å². The molecule has 2 aromatic rings. The van der Waals surface area contributed by atoms with Crippen LogP contribution in [0, 0.1) is 0 Å². The monoisotopic (exact) mass is 384 g/mol. The molecule has 4 rings (SSSR count). The summed E-state index contributed by atoms with van der Waals surface area (Å²) in [6.07, 6.45) is -4.17. The molecule has 0 amide bonds. The number of esters is 1. The number of aliphatic hydroxyl groups excluding tert-OH is 1. The Morgan fingerprint density at radius 3 is 2.07 bits per heavy atom. The van der Waals surface area contributed by atoms with E-state index in [2.05, 4.69) is 0 Å². The molecular formula is C22H24O6. The van der Waals surface area contributed by atoms with Crippen molar-refractivity contribution < 1.29 is 28.8 Å². The van der Waals surface area contributed by atoms with Crippen molar-refractivity contribution >= 4 is 5.97 Å². The lowest BCUT2D eigenvalue weighted by molar-refractivity contribution is -0.227. The first-order chi connectivity index (χ1) is 13.4. The molecule has 2 aromatic carbocycles. The highest BCUT2D eigenvalue weighted by atomic mass is 16.7. The van der Waals surface area contributed by atoms with E-state index in [1.54, 1.807) is 13.8 Å².